The summed E-state index contributed by atoms with van der Waals surface area (Å²) in [6.07, 6.45) is 0.212. The number of oxime groups is 1. The molecule has 5 rings (SSSR count). The number of hydroxylamine groups is 2. The number of thiazole rings is 1. The third-order valence-corrected chi connectivity index (χ3v) is 8.28. The van der Waals surface area contributed by atoms with Gasteiger partial charge in [-0.1, -0.05) is 5.16 Å². The summed E-state index contributed by atoms with van der Waals surface area (Å²) in [6.45, 7) is 3.89. The average molecular weight is 679 g/mol. The quantitative estimate of drug-likeness (QED) is 0.0357. The molecule has 4 heterocycles. The number of nitrogens with two attached hydrogens (primary N) is 1. The van der Waals surface area contributed by atoms with Gasteiger partial charge in [0.05, 0.1) is 24.2 Å². The van der Waals surface area contributed by atoms with Crippen molar-refractivity contribution >= 4 is 67.0 Å². The zero-order chi connectivity index (χ0) is 33.4. The first-order valence-corrected chi connectivity index (χ1v) is 15.9. The second-order valence-corrected chi connectivity index (χ2v) is 12.8. The number of rotatable bonds is 13. The lowest BCUT2D eigenvalue weighted by atomic mass is 9.84. The molecule has 2 aromatic heterocycles. The van der Waals surface area contributed by atoms with Crippen molar-refractivity contribution in [1.82, 2.24) is 20.7 Å². The fourth-order valence-electron chi connectivity index (χ4n) is 4.66. The number of carboxylic acid groups (broad SMARTS) is 1. The summed E-state index contributed by atoms with van der Waals surface area (Å²) in [7, 11) is -3.34. The molecule has 2 atom stereocenters. The van der Waals surface area contributed by atoms with Gasteiger partial charge in [0, 0.05) is 18.5 Å². The van der Waals surface area contributed by atoms with Crippen LogP contribution >= 0.6 is 11.3 Å². The minimum Gasteiger partial charge on any atom is -0.724 e. The van der Waals surface area contributed by atoms with Crippen molar-refractivity contribution in [3.63, 3.8) is 0 Å². The number of aliphatic carboxylic acids is 1. The summed E-state index contributed by atoms with van der Waals surface area (Å²) in [4.78, 5) is 46.9. The topological polar surface area (TPSA) is 251 Å². The zero-order valence-corrected chi connectivity index (χ0v) is 26.3. The molecule has 2 fully saturated rings. The van der Waals surface area contributed by atoms with E-state index in [1.54, 1.807) is 12.1 Å². The van der Waals surface area contributed by atoms with E-state index in [1.807, 2.05) is 29.9 Å². The van der Waals surface area contributed by atoms with Crippen molar-refractivity contribution in [2.24, 2.45) is 12.2 Å². The number of nitrogen functional groups attached to an aromatic ring is 1. The molecule has 2 amide bonds. The van der Waals surface area contributed by atoms with Crippen LogP contribution in [0.2, 0.25) is 0 Å². The number of aromatic nitrogens is 2. The van der Waals surface area contributed by atoms with Crippen LogP contribution in [0.1, 0.15) is 19.5 Å². The van der Waals surface area contributed by atoms with Gasteiger partial charge in [0.2, 0.25) is 10.4 Å². The van der Waals surface area contributed by atoms with Crippen LogP contribution in [0.15, 0.2) is 41.0 Å². The Labute approximate surface area is 266 Å². The highest BCUT2D eigenvalue weighted by atomic mass is 32.3. The number of aryl methyl sites for hydroxylation is 1. The number of anilines is 2. The lowest BCUT2D eigenvalue weighted by Gasteiger charge is -2.51. The van der Waals surface area contributed by atoms with Crippen LogP contribution in [-0.4, -0.2) is 95.0 Å². The highest BCUT2D eigenvalue weighted by Gasteiger charge is 2.57. The van der Waals surface area contributed by atoms with E-state index in [0.29, 0.717) is 16.9 Å². The molecule has 0 aliphatic carbocycles. The molecule has 1 aromatic carbocycles. The van der Waals surface area contributed by atoms with Gasteiger partial charge in [0.15, 0.2) is 10.8 Å². The molecule has 2 saturated heterocycles. The number of amides is 2. The molecule has 46 heavy (non-hydrogen) atoms. The first-order chi connectivity index (χ1) is 21.6. The number of carbonyl (C=O) groups excluding carboxylic acids is 2. The molecule has 2 aliphatic rings. The SMILES string of the molecule is C[n+]1ccc2cc(OC[C@H](O/N=C(\C(=O)N[C@@H]3C(=O)N(OS(=O)(=O)[O-])C3(C)C)c3csc(N)n3)C(=O)O)ccc2c1NC1CNC1. The van der Waals surface area contributed by atoms with Crippen LogP contribution < -0.4 is 31.0 Å². The molecule has 0 unspecified atom stereocenters. The van der Waals surface area contributed by atoms with Crippen molar-refractivity contribution in [1.29, 1.82) is 0 Å². The summed E-state index contributed by atoms with van der Waals surface area (Å²) in [5.41, 5.74) is 3.62. The Morgan fingerprint density at radius 1 is 1.35 bits per heavy atom. The molecule has 20 heteroatoms. The Balaban J connectivity index is 1.30. The normalized spacial score (nSPS) is 18.8. The second kappa shape index (κ2) is 12.6. The van der Waals surface area contributed by atoms with Gasteiger partial charge < -0.3 is 35.6 Å². The third-order valence-electron chi connectivity index (χ3n) is 7.28. The Morgan fingerprint density at radius 2 is 2.09 bits per heavy atom. The highest BCUT2D eigenvalue weighted by molar-refractivity contribution is 7.80. The summed E-state index contributed by atoms with van der Waals surface area (Å²) in [5, 5.41) is 26.1. The summed E-state index contributed by atoms with van der Waals surface area (Å²) in [6, 6.07) is 6.14. The summed E-state index contributed by atoms with van der Waals surface area (Å²) < 4.78 is 44.8. The first-order valence-electron chi connectivity index (χ1n) is 13.6. The minimum atomic E-state index is -5.26. The molecule has 246 valence electrons. The fraction of sp³-hybridized carbons (Fsp3) is 0.385. The predicted octanol–water partition coefficient (Wildman–Crippen LogP) is -1.16. The number of pyridine rings is 1. The van der Waals surface area contributed by atoms with E-state index in [-0.39, 0.29) is 10.8 Å². The van der Waals surface area contributed by atoms with Gasteiger partial charge in [-0.2, -0.15) is 9.35 Å². The lowest BCUT2D eigenvalue weighted by molar-refractivity contribution is -0.656. The van der Waals surface area contributed by atoms with E-state index in [1.165, 1.54) is 19.2 Å². The summed E-state index contributed by atoms with van der Waals surface area (Å²) >= 11 is 0.958. The molecule has 6 N–H and O–H groups in total. The van der Waals surface area contributed by atoms with E-state index < -0.39 is 58.2 Å². The summed E-state index contributed by atoms with van der Waals surface area (Å²) in [5.74, 6) is -2.22. The molecular weight excluding hydrogens is 648 g/mol. The number of ether oxygens (including phenoxy) is 1. The molecule has 0 spiro atoms. The minimum absolute atomic E-state index is 0.0569. The molecule has 3 aromatic rings. The largest absolute Gasteiger partial charge is 0.724 e. The Hall–Kier alpha value is -4.63. The smallest absolute Gasteiger partial charge is 0.351 e. The molecule has 0 saturated carbocycles. The number of carbonyl (C=O) groups is 3. The van der Waals surface area contributed by atoms with E-state index >= 15 is 0 Å². The molecule has 0 radical (unpaired) electrons. The maximum Gasteiger partial charge on any atom is 0.351 e. The van der Waals surface area contributed by atoms with Gasteiger partial charge in [-0.3, -0.25) is 14.9 Å². The van der Waals surface area contributed by atoms with Crippen LogP contribution in [0.4, 0.5) is 10.9 Å². The van der Waals surface area contributed by atoms with E-state index in [9.17, 15) is 32.5 Å². The van der Waals surface area contributed by atoms with Gasteiger partial charge in [0.1, 0.15) is 30.1 Å². The van der Waals surface area contributed by atoms with Crippen molar-refractivity contribution in [2.75, 3.05) is 30.7 Å². The number of nitrogens with one attached hydrogen (secondary N) is 3. The van der Waals surface area contributed by atoms with Crippen molar-refractivity contribution in [3.8, 4) is 5.75 Å². The highest BCUT2D eigenvalue weighted by Crippen LogP contribution is 2.33. The van der Waals surface area contributed by atoms with Gasteiger partial charge in [-0.05, 0) is 43.5 Å². The second-order valence-electron chi connectivity index (χ2n) is 11.0. The Morgan fingerprint density at radius 3 is 2.67 bits per heavy atom. The van der Waals surface area contributed by atoms with Crippen LogP contribution in [0, 0.1) is 0 Å². The molecule has 18 nitrogen and oxygen atoms in total. The van der Waals surface area contributed by atoms with Crippen LogP contribution in [-0.2, 0) is 41.0 Å². The van der Waals surface area contributed by atoms with Gasteiger partial charge in [0.25, 0.3) is 23.7 Å². The lowest BCUT2D eigenvalue weighted by Crippen LogP contribution is -2.76. The number of fused-ring (bicyclic) bond motifs is 1. The van der Waals surface area contributed by atoms with E-state index in [0.717, 1.165) is 41.0 Å². The van der Waals surface area contributed by atoms with Crippen LogP contribution in [0.3, 0.4) is 0 Å². The number of nitrogens with zero attached hydrogens (tertiary/aromatic N) is 4. The van der Waals surface area contributed by atoms with Crippen molar-refractivity contribution in [2.45, 2.75) is 37.6 Å². The van der Waals surface area contributed by atoms with Crippen LogP contribution in [0.5, 0.6) is 5.75 Å². The van der Waals surface area contributed by atoms with Gasteiger partial charge in [-0.15, -0.1) is 11.3 Å². The first kappa shape index (κ1) is 32.8. The molecule has 0 bridgehead atoms. The van der Waals surface area contributed by atoms with Crippen LogP contribution in [0.25, 0.3) is 10.8 Å². The van der Waals surface area contributed by atoms with Crippen molar-refractivity contribution in [3.05, 3.63) is 41.5 Å². The number of carboxylic acids is 1. The predicted molar refractivity (Wildman–Crippen MR) is 160 cm³/mol. The maximum atomic E-state index is 13.2. The Bertz CT molecular complexity index is 1830. The van der Waals surface area contributed by atoms with Crippen molar-refractivity contribution < 1.29 is 50.9 Å². The molecule has 2 aliphatic heterocycles. The fourth-order valence-corrected chi connectivity index (χ4v) is 5.65. The molecular formula is C26H30N8O10S2. The third kappa shape index (κ3) is 6.94. The standard InChI is InChI=1S/C26H30N8O10S2/c1-26(2)20(23(36)34(26)44-46(39,40)41)31-22(35)19(17-12-45-25(27)30-17)32-43-18(24(37)38)11-42-15-4-5-16-13(8-15)6-7-33(3)21(16)29-14-9-28-10-14/h4-8,12,14,18,20,28H,9-11H2,1-3H3,(H5,27,30,31,35,37,38,39,40,41)/b32-19-/t18-,20+/m0/s1. The maximum absolute atomic E-state index is 13.2. The zero-order valence-electron chi connectivity index (χ0n) is 24.6. The van der Waals surface area contributed by atoms with Gasteiger partial charge in [-0.25, -0.2) is 22.8 Å². The average Bonchev–Trinajstić information content (AvgIpc) is 3.39. The van der Waals surface area contributed by atoms with E-state index in [2.05, 4.69) is 30.4 Å². The number of hydrogen-bond acceptors (Lipinski definition) is 15. The van der Waals surface area contributed by atoms with Gasteiger partial charge >= 0.3 is 5.97 Å². The number of hydrogen-bond donors (Lipinski definition) is 5. The Kier molecular flexibility index (Phi) is 9.00. The monoisotopic (exact) mass is 678 g/mol. The number of β-lactam (4-membered cyclic amide) rings is 1. The van der Waals surface area contributed by atoms with E-state index in [4.69, 9.17) is 15.3 Å². The number of benzene rings is 1.